The number of Topliss-reactive ketones (excluding diaryl/α,β-unsaturated/α-hetero) is 1. The molecule has 1 N–H and O–H groups in total. The van der Waals surface area contributed by atoms with E-state index < -0.39 is 22.7 Å². The fourth-order valence-corrected chi connectivity index (χ4v) is 8.99. The number of hydrogen-bond donors (Lipinski definition) is 1. The van der Waals surface area contributed by atoms with Crippen molar-refractivity contribution in [2.24, 2.45) is 11.8 Å². The number of ether oxygens (including phenoxy) is 1. The highest BCUT2D eigenvalue weighted by Gasteiger charge is 2.56. The van der Waals surface area contributed by atoms with Gasteiger partial charge in [-0.05, 0) is 115 Å². The van der Waals surface area contributed by atoms with Gasteiger partial charge in [-0.1, -0.05) is 40.7 Å². The minimum absolute atomic E-state index is 0.00918. The number of thiophene rings is 2. The number of esters is 1. The summed E-state index contributed by atoms with van der Waals surface area (Å²) in [5, 5.41) is 13.2. The van der Waals surface area contributed by atoms with Crippen molar-refractivity contribution < 1.29 is 19.4 Å². The largest absolute Gasteiger partial charge is 0.457 e. The summed E-state index contributed by atoms with van der Waals surface area (Å²) in [6, 6.07) is 8.34. The molecule has 0 amide bonds. The molecule has 0 aliphatic carbocycles. The lowest BCUT2D eigenvalue weighted by atomic mass is 9.68. The molecule has 41 heavy (non-hydrogen) atoms. The molecule has 4 rings (SSSR count). The second kappa shape index (κ2) is 12.7. The van der Waals surface area contributed by atoms with Gasteiger partial charge in [0.15, 0.2) is 11.0 Å². The van der Waals surface area contributed by atoms with Crippen LogP contribution in [-0.4, -0.2) is 27.7 Å². The highest BCUT2D eigenvalue weighted by atomic mass is 32.2. The van der Waals surface area contributed by atoms with Gasteiger partial charge >= 0.3 is 5.97 Å². The zero-order chi connectivity index (χ0) is 30.1. The first-order valence-corrected chi connectivity index (χ1v) is 17.2. The first-order valence-electron chi connectivity index (χ1n) is 14.5. The minimum Gasteiger partial charge on any atom is -0.457 e. The second-order valence-corrected chi connectivity index (χ2v) is 16.1. The van der Waals surface area contributed by atoms with Crippen LogP contribution in [0.15, 0.2) is 39.9 Å². The Kier molecular flexibility index (Phi) is 9.94. The predicted molar refractivity (Wildman–Crippen MR) is 172 cm³/mol. The fraction of sp³-hybridized carbons (Fsp3) is 0.529. The van der Waals surface area contributed by atoms with Crippen LogP contribution in [0.1, 0.15) is 85.0 Å². The molecular formula is C34H44O4S3. The van der Waals surface area contributed by atoms with Crippen LogP contribution in [-0.2, 0) is 39.2 Å². The maximum atomic E-state index is 14.5. The first kappa shape index (κ1) is 32.0. The van der Waals surface area contributed by atoms with Gasteiger partial charge in [0, 0.05) is 14.6 Å². The van der Waals surface area contributed by atoms with Crippen molar-refractivity contribution >= 4 is 46.2 Å². The lowest BCUT2D eigenvalue weighted by Crippen LogP contribution is -2.59. The molecule has 222 valence electrons. The predicted octanol–water partition coefficient (Wildman–Crippen LogP) is 8.39. The molecule has 1 aliphatic heterocycles. The third-order valence-electron chi connectivity index (χ3n) is 8.75. The van der Waals surface area contributed by atoms with Crippen LogP contribution in [0.5, 0.6) is 0 Å². The molecule has 1 aromatic carbocycles. The van der Waals surface area contributed by atoms with E-state index in [0.717, 1.165) is 34.4 Å². The number of aryl methyl sites for hydroxylation is 5. The SMILES string of the molecule is Cc1cc(SC2C(=O)OC(CCc3ccsc3C)(C(C)C)C(CCc3ccsc3C)C2=O)c(C(C)(C)C)cc1CO. The molecule has 1 fully saturated rings. The van der Waals surface area contributed by atoms with E-state index in [1.807, 2.05) is 19.1 Å². The van der Waals surface area contributed by atoms with Crippen LogP contribution < -0.4 is 0 Å². The topological polar surface area (TPSA) is 63.6 Å². The Morgan fingerprint density at radius 1 is 0.976 bits per heavy atom. The van der Waals surface area contributed by atoms with Gasteiger partial charge in [-0.25, -0.2) is 0 Å². The monoisotopic (exact) mass is 612 g/mol. The zero-order valence-corrected chi connectivity index (χ0v) is 28.1. The Balaban J connectivity index is 1.72. The molecule has 3 atom stereocenters. The standard InChI is InChI=1S/C34H44O4S3/c1-20(2)34(14-11-25-13-16-40-23(25)5)27(10-9-24-12-15-39-22(24)4)30(36)31(32(37)38-34)41-29-17-21(3)26(19-35)18-28(29)33(6,7)8/h12-13,15-18,20,27,31,35H,9-11,14,19H2,1-8H3. The summed E-state index contributed by atoms with van der Waals surface area (Å²) < 4.78 is 6.53. The number of thioether (sulfide) groups is 1. The molecule has 1 aliphatic rings. The summed E-state index contributed by atoms with van der Waals surface area (Å²) >= 11 is 4.78. The third-order valence-corrected chi connectivity index (χ3v) is 11.8. The molecule has 0 spiro atoms. The quantitative estimate of drug-likeness (QED) is 0.184. The molecule has 0 saturated carbocycles. The smallest absolute Gasteiger partial charge is 0.327 e. The molecule has 0 radical (unpaired) electrons. The summed E-state index contributed by atoms with van der Waals surface area (Å²) in [5.41, 5.74) is 4.29. The van der Waals surface area contributed by atoms with Crippen molar-refractivity contribution in [3.8, 4) is 0 Å². The molecule has 3 heterocycles. The van der Waals surface area contributed by atoms with E-state index >= 15 is 0 Å². The average Bonchev–Trinajstić information content (AvgIpc) is 3.50. The van der Waals surface area contributed by atoms with Gasteiger partial charge in [-0.3, -0.25) is 9.59 Å². The van der Waals surface area contributed by atoms with E-state index in [-0.39, 0.29) is 23.7 Å². The molecule has 7 heteroatoms. The third kappa shape index (κ3) is 6.69. The molecule has 0 bridgehead atoms. The zero-order valence-electron chi connectivity index (χ0n) is 25.6. The van der Waals surface area contributed by atoms with Gasteiger partial charge in [0.05, 0.1) is 12.5 Å². The average molecular weight is 613 g/mol. The number of carbonyl (C=O) groups excluding carboxylic acids is 2. The number of ketones is 1. The lowest BCUT2D eigenvalue weighted by Gasteiger charge is -2.47. The van der Waals surface area contributed by atoms with Gasteiger partial charge in [-0.2, -0.15) is 0 Å². The maximum Gasteiger partial charge on any atom is 0.327 e. The van der Waals surface area contributed by atoms with E-state index in [1.165, 1.54) is 32.6 Å². The molecular weight excluding hydrogens is 569 g/mol. The molecule has 1 saturated heterocycles. The molecule has 4 nitrogen and oxygen atoms in total. The van der Waals surface area contributed by atoms with Crippen LogP contribution in [0, 0.1) is 32.6 Å². The van der Waals surface area contributed by atoms with Crippen molar-refractivity contribution in [1.82, 2.24) is 0 Å². The summed E-state index contributed by atoms with van der Waals surface area (Å²) in [4.78, 5) is 31.9. The van der Waals surface area contributed by atoms with Crippen LogP contribution in [0.4, 0.5) is 0 Å². The van der Waals surface area contributed by atoms with E-state index in [0.29, 0.717) is 12.8 Å². The van der Waals surface area contributed by atoms with Gasteiger partial charge in [-0.15, -0.1) is 34.4 Å². The van der Waals surface area contributed by atoms with Crippen molar-refractivity contribution in [3.63, 3.8) is 0 Å². The normalized spacial score (nSPS) is 21.5. The Labute approximate surface area is 257 Å². The van der Waals surface area contributed by atoms with Crippen molar-refractivity contribution in [1.29, 1.82) is 0 Å². The summed E-state index contributed by atoms with van der Waals surface area (Å²) in [6.45, 7) is 16.7. The molecule has 3 unspecified atom stereocenters. The lowest BCUT2D eigenvalue weighted by molar-refractivity contribution is -0.187. The van der Waals surface area contributed by atoms with Crippen molar-refractivity contribution in [3.05, 3.63) is 72.6 Å². The Morgan fingerprint density at radius 2 is 1.59 bits per heavy atom. The Hall–Kier alpha value is -1.93. The summed E-state index contributed by atoms with van der Waals surface area (Å²) in [5.74, 6) is -0.849. The number of aliphatic hydroxyl groups is 1. The molecule has 3 aromatic rings. The number of benzene rings is 1. The van der Waals surface area contributed by atoms with E-state index in [1.54, 1.807) is 22.7 Å². The van der Waals surface area contributed by atoms with Gasteiger partial charge in [0.2, 0.25) is 0 Å². The van der Waals surface area contributed by atoms with Gasteiger partial charge in [0.25, 0.3) is 0 Å². The minimum atomic E-state index is -0.918. The number of carbonyl (C=O) groups is 2. The Morgan fingerprint density at radius 3 is 2.10 bits per heavy atom. The second-order valence-electron chi connectivity index (χ2n) is 12.7. The number of cyclic esters (lactones) is 1. The van der Waals surface area contributed by atoms with E-state index in [4.69, 9.17) is 4.74 Å². The maximum absolute atomic E-state index is 14.5. The van der Waals surface area contributed by atoms with Crippen molar-refractivity contribution in [2.45, 2.75) is 109 Å². The van der Waals surface area contributed by atoms with Gasteiger partial charge in [0.1, 0.15) is 5.60 Å². The van der Waals surface area contributed by atoms with Crippen molar-refractivity contribution in [2.75, 3.05) is 0 Å². The molecule has 2 aromatic heterocycles. The Bertz CT molecular complexity index is 1390. The number of rotatable bonds is 10. The fourth-order valence-electron chi connectivity index (χ4n) is 6.06. The highest BCUT2D eigenvalue weighted by molar-refractivity contribution is 8.01. The van der Waals surface area contributed by atoms with Crippen LogP contribution in [0.3, 0.4) is 0 Å². The first-order chi connectivity index (χ1) is 19.3. The number of hydrogen-bond acceptors (Lipinski definition) is 7. The highest BCUT2D eigenvalue weighted by Crippen LogP contribution is 2.47. The van der Waals surface area contributed by atoms with E-state index in [9.17, 15) is 14.7 Å². The van der Waals surface area contributed by atoms with Crippen LogP contribution in [0.2, 0.25) is 0 Å². The van der Waals surface area contributed by atoms with Crippen LogP contribution in [0.25, 0.3) is 0 Å². The van der Waals surface area contributed by atoms with Gasteiger partial charge < -0.3 is 9.84 Å². The van der Waals surface area contributed by atoms with E-state index in [2.05, 4.69) is 71.4 Å². The van der Waals surface area contributed by atoms with Crippen LogP contribution >= 0.6 is 34.4 Å². The summed E-state index contributed by atoms with van der Waals surface area (Å²) in [6.07, 6.45) is 2.83. The number of aliphatic hydroxyl groups excluding tert-OH is 1. The summed E-state index contributed by atoms with van der Waals surface area (Å²) in [7, 11) is 0.